The van der Waals surface area contributed by atoms with Crippen molar-refractivity contribution in [3.8, 4) is 0 Å². The number of aromatic nitrogens is 2. The Hall–Kier alpha value is -1.64. The molecule has 2 unspecified atom stereocenters. The van der Waals surface area contributed by atoms with Crippen LogP contribution < -0.4 is 5.32 Å². The van der Waals surface area contributed by atoms with E-state index < -0.39 is 0 Å². The molecule has 2 aromatic rings. The van der Waals surface area contributed by atoms with Crippen LogP contribution in [0.5, 0.6) is 0 Å². The molecule has 1 aliphatic rings. The van der Waals surface area contributed by atoms with E-state index in [-0.39, 0.29) is 0 Å². The van der Waals surface area contributed by atoms with Gasteiger partial charge in [-0.1, -0.05) is 31.9 Å². The highest BCUT2D eigenvalue weighted by Crippen LogP contribution is 2.24. The van der Waals surface area contributed by atoms with Gasteiger partial charge in [-0.3, -0.25) is 4.98 Å². The van der Waals surface area contributed by atoms with Crippen LogP contribution in [0.3, 0.4) is 0 Å². The lowest BCUT2D eigenvalue weighted by Gasteiger charge is -2.17. The average Bonchev–Trinajstić information content (AvgIpc) is 2.64. The van der Waals surface area contributed by atoms with E-state index >= 15 is 0 Å². The van der Waals surface area contributed by atoms with Gasteiger partial charge >= 0.3 is 0 Å². The van der Waals surface area contributed by atoms with Crippen molar-refractivity contribution in [2.24, 2.45) is 5.92 Å². The van der Waals surface area contributed by atoms with Crippen LogP contribution in [0.2, 0.25) is 0 Å². The highest BCUT2D eigenvalue weighted by molar-refractivity contribution is 5.75. The molecule has 0 saturated heterocycles. The van der Waals surface area contributed by atoms with Crippen molar-refractivity contribution in [2.45, 2.75) is 45.1 Å². The number of rotatable bonds is 2. The van der Waals surface area contributed by atoms with Gasteiger partial charge in [-0.25, -0.2) is 4.98 Å². The summed E-state index contributed by atoms with van der Waals surface area (Å²) < 4.78 is 0. The Kier molecular flexibility index (Phi) is 3.62. The zero-order valence-electron chi connectivity index (χ0n) is 11.5. The highest BCUT2D eigenvalue weighted by atomic mass is 15.0. The van der Waals surface area contributed by atoms with Crippen molar-refractivity contribution < 1.29 is 0 Å². The number of hydrogen-bond donors (Lipinski definition) is 1. The lowest BCUT2D eigenvalue weighted by Crippen LogP contribution is -2.19. The van der Waals surface area contributed by atoms with Gasteiger partial charge < -0.3 is 5.32 Å². The number of anilines is 1. The smallest absolute Gasteiger partial charge is 0.145 e. The number of fused-ring (bicyclic) bond motifs is 1. The van der Waals surface area contributed by atoms with Gasteiger partial charge in [-0.05, 0) is 37.3 Å². The lowest BCUT2D eigenvalue weighted by molar-refractivity contribution is 0.502. The third-order valence-electron chi connectivity index (χ3n) is 4.06. The maximum atomic E-state index is 4.65. The summed E-state index contributed by atoms with van der Waals surface area (Å²) in [7, 11) is 0. The fourth-order valence-corrected chi connectivity index (χ4v) is 2.87. The van der Waals surface area contributed by atoms with Crippen LogP contribution in [0.4, 0.5) is 5.82 Å². The molecule has 1 aromatic heterocycles. The molecule has 3 heteroatoms. The second kappa shape index (κ2) is 5.55. The summed E-state index contributed by atoms with van der Waals surface area (Å²) in [6.07, 6.45) is 8.35. The summed E-state index contributed by atoms with van der Waals surface area (Å²) >= 11 is 0. The zero-order chi connectivity index (χ0) is 13.1. The summed E-state index contributed by atoms with van der Waals surface area (Å²) in [6, 6.07) is 8.58. The normalized spacial score (nSPS) is 24.1. The molecule has 100 valence electrons. The first kappa shape index (κ1) is 12.4. The van der Waals surface area contributed by atoms with Gasteiger partial charge in [0.25, 0.3) is 0 Å². The summed E-state index contributed by atoms with van der Waals surface area (Å²) in [5, 5.41) is 3.56. The Morgan fingerprint density at radius 2 is 1.89 bits per heavy atom. The fraction of sp³-hybridized carbons (Fsp3) is 0.500. The standard InChI is InChI=1S/C16H21N3/c1-12-5-4-6-13(10-9-12)18-16-11-17-14-7-2-3-8-15(14)19-16/h2-3,7-8,11-13H,4-6,9-10H2,1H3,(H,18,19). The molecule has 2 atom stereocenters. The molecule has 1 N–H and O–H groups in total. The van der Waals surface area contributed by atoms with Crippen molar-refractivity contribution >= 4 is 16.9 Å². The molecular weight excluding hydrogens is 234 g/mol. The summed E-state index contributed by atoms with van der Waals surface area (Å²) in [5.41, 5.74) is 1.93. The van der Waals surface area contributed by atoms with E-state index in [2.05, 4.69) is 22.2 Å². The van der Waals surface area contributed by atoms with Gasteiger partial charge in [0.05, 0.1) is 17.2 Å². The predicted molar refractivity (Wildman–Crippen MR) is 79.2 cm³/mol. The molecule has 1 heterocycles. The van der Waals surface area contributed by atoms with Gasteiger partial charge in [-0.15, -0.1) is 0 Å². The Balaban J connectivity index is 1.73. The molecule has 1 saturated carbocycles. The molecule has 1 aromatic carbocycles. The van der Waals surface area contributed by atoms with Gasteiger partial charge in [0.15, 0.2) is 0 Å². The minimum Gasteiger partial charge on any atom is -0.366 e. The second-order valence-corrected chi connectivity index (χ2v) is 5.70. The Morgan fingerprint density at radius 3 is 2.79 bits per heavy atom. The van der Waals surface area contributed by atoms with Crippen LogP contribution in [-0.4, -0.2) is 16.0 Å². The highest BCUT2D eigenvalue weighted by Gasteiger charge is 2.16. The van der Waals surface area contributed by atoms with Crippen molar-refractivity contribution in [2.75, 3.05) is 5.32 Å². The van der Waals surface area contributed by atoms with E-state index in [1.165, 1.54) is 32.1 Å². The number of para-hydroxylation sites is 2. The van der Waals surface area contributed by atoms with Gasteiger partial charge in [0, 0.05) is 6.04 Å². The van der Waals surface area contributed by atoms with E-state index in [0.29, 0.717) is 6.04 Å². The van der Waals surface area contributed by atoms with Crippen LogP contribution in [0, 0.1) is 5.92 Å². The molecular formula is C16H21N3. The molecule has 1 fully saturated rings. The largest absolute Gasteiger partial charge is 0.366 e. The minimum absolute atomic E-state index is 0.556. The van der Waals surface area contributed by atoms with E-state index in [1.807, 2.05) is 30.5 Å². The van der Waals surface area contributed by atoms with Crippen molar-refractivity contribution in [3.63, 3.8) is 0 Å². The molecule has 0 bridgehead atoms. The maximum absolute atomic E-state index is 4.65. The number of nitrogens with one attached hydrogen (secondary N) is 1. The average molecular weight is 255 g/mol. The molecule has 0 amide bonds. The summed E-state index contributed by atoms with van der Waals surface area (Å²) in [6.45, 7) is 2.36. The van der Waals surface area contributed by atoms with Crippen molar-refractivity contribution in [3.05, 3.63) is 30.5 Å². The van der Waals surface area contributed by atoms with Crippen LogP contribution in [0.15, 0.2) is 30.5 Å². The van der Waals surface area contributed by atoms with Gasteiger partial charge in [0.2, 0.25) is 0 Å². The molecule has 3 rings (SSSR count). The number of benzene rings is 1. The first-order valence-electron chi connectivity index (χ1n) is 7.29. The van der Waals surface area contributed by atoms with Crippen LogP contribution in [0.25, 0.3) is 11.0 Å². The monoisotopic (exact) mass is 255 g/mol. The van der Waals surface area contributed by atoms with E-state index in [9.17, 15) is 0 Å². The summed E-state index contributed by atoms with van der Waals surface area (Å²) in [5.74, 6) is 1.78. The lowest BCUT2D eigenvalue weighted by atomic mass is 10.0. The third kappa shape index (κ3) is 3.03. The zero-order valence-corrected chi connectivity index (χ0v) is 11.5. The van der Waals surface area contributed by atoms with E-state index in [1.54, 1.807) is 0 Å². The Morgan fingerprint density at radius 1 is 1.05 bits per heavy atom. The van der Waals surface area contributed by atoms with Gasteiger partial charge in [-0.2, -0.15) is 0 Å². The van der Waals surface area contributed by atoms with E-state index in [0.717, 1.165) is 22.8 Å². The molecule has 1 aliphatic carbocycles. The molecule has 0 spiro atoms. The SMILES string of the molecule is CC1CCCC(Nc2cnc3ccccc3n2)CC1. The van der Waals surface area contributed by atoms with Crippen molar-refractivity contribution in [1.82, 2.24) is 9.97 Å². The third-order valence-corrected chi connectivity index (χ3v) is 4.06. The predicted octanol–water partition coefficient (Wildman–Crippen LogP) is 4.01. The van der Waals surface area contributed by atoms with Crippen LogP contribution >= 0.6 is 0 Å². The van der Waals surface area contributed by atoms with Crippen LogP contribution in [-0.2, 0) is 0 Å². The van der Waals surface area contributed by atoms with Crippen molar-refractivity contribution in [1.29, 1.82) is 0 Å². The Bertz CT molecular complexity index is 552. The topological polar surface area (TPSA) is 37.8 Å². The number of nitrogens with zero attached hydrogens (tertiary/aromatic N) is 2. The van der Waals surface area contributed by atoms with Crippen LogP contribution in [0.1, 0.15) is 39.0 Å². The fourth-order valence-electron chi connectivity index (χ4n) is 2.87. The molecule has 19 heavy (non-hydrogen) atoms. The number of hydrogen-bond acceptors (Lipinski definition) is 3. The first-order chi connectivity index (χ1) is 9.31. The Labute approximate surface area is 114 Å². The minimum atomic E-state index is 0.556. The maximum Gasteiger partial charge on any atom is 0.145 e. The first-order valence-corrected chi connectivity index (χ1v) is 7.29. The van der Waals surface area contributed by atoms with Gasteiger partial charge in [0.1, 0.15) is 5.82 Å². The molecule has 0 aliphatic heterocycles. The quantitative estimate of drug-likeness (QED) is 0.824. The second-order valence-electron chi connectivity index (χ2n) is 5.70. The summed E-state index contributed by atoms with van der Waals surface area (Å²) in [4.78, 5) is 9.11. The molecule has 3 nitrogen and oxygen atoms in total. The molecule has 0 radical (unpaired) electrons. The van der Waals surface area contributed by atoms with E-state index in [4.69, 9.17) is 0 Å².